The van der Waals surface area contributed by atoms with Crippen LogP contribution in [-0.4, -0.2) is 31.0 Å². The molecule has 0 saturated carbocycles. The average molecular weight is 346 g/mol. The molecule has 25 heavy (non-hydrogen) atoms. The van der Waals surface area contributed by atoms with E-state index in [0.29, 0.717) is 6.54 Å². The van der Waals surface area contributed by atoms with E-state index >= 15 is 0 Å². The summed E-state index contributed by atoms with van der Waals surface area (Å²) in [6.07, 6.45) is 0.188. The maximum atomic E-state index is 12.3. The van der Waals surface area contributed by atoms with Crippen LogP contribution in [-0.2, 0) is 4.79 Å². The van der Waals surface area contributed by atoms with Gasteiger partial charge in [0, 0.05) is 24.2 Å². The standard InChI is InChI=1S/C18H16F2N2O3/c19-18(20)25-15-8-4-5-12(9-15)17(24)21-13-10-16(23)22(11-13)14-6-2-1-3-7-14/h1-9,13,18H,10-11H2,(H,21,24)/t13-/m0/s1. The minimum atomic E-state index is -2.95. The topological polar surface area (TPSA) is 58.6 Å². The summed E-state index contributed by atoms with van der Waals surface area (Å²) in [5.74, 6) is -0.602. The van der Waals surface area contributed by atoms with Crippen molar-refractivity contribution >= 4 is 17.5 Å². The van der Waals surface area contributed by atoms with Crippen LogP contribution in [0, 0.1) is 0 Å². The van der Waals surface area contributed by atoms with Crippen molar-refractivity contribution in [3.8, 4) is 5.75 Å². The molecule has 0 radical (unpaired) electrons. The third-order valence-corrected chi connectivity index (χ3v) is 3.85. The number of nitrogens with zero attached hydrogens (tertiary/aromatic N) is 1. The molecule has 1 atom stereocenters. The van der Waals surface area contributed by atoms with Crippen LogP contribution < -0.4 is 15.0 Å². The first kappa shape index (κ1) is 16.9. The number of rotatable bonds is 5. The number of para-hydroxylation sites is 1. The minimum Gasteiger partial charge on any atom is -0.435 e. The zero-order chi connectivity index (χ0) is 17.8. The molecule has 1 saturated heterocycles. The molecule has 1 aliphatic heterocycles. The van der Waals surface area contributed by atoms with E-state index in [1.165, 1.54) is 24.3 Å². The van der Waals surface area contributed by atoms with Crippen LogP contribution in [0.2, 0.25) is 0 Å². The Labute approximate surface area is 143 Å². The largest absolute Gasteiger partial charge is 0.435 e. The van der Waals surface area contributed by atoms with Crippen molar-refractivity contribution in [1.82, 2.24) is 5.32 Å². The number of hydrogen-bond donors (Lipinski definition) is 1. The van der Waals surface area contributed by atoms with Gasteiger partial charge in [0.1, 0.15) is 5.75 Å². The highest BCUT2D eigenvalue weighted by Crippen LogP contribution is 2.22. The molecule has 1 aliphatic rings. The molecule has 7 heteroatoms. The zero-order valence-corrected chi connectivity index (χ0v) is 13.2. The lowest BCUT2D eigenvalue weighted by Crippen LogP contribution is -2.37. The predicted molar refractivity (Wildman–Crippen MR) is 87.7 cm³/mol. The van der Waals surface area contributed by atoms with E-state index in [1.807, 2.05) is 30.3 Å². The van der Waals surface area contributed by atoms with E-state index in [0.717, 1.165) is 5.69 Å². The molecule has 0 spiro atoms. The van der Waals surface area contributed by atoms with E-state index in [9.17, 15) is 18.4 Å². The second-order valence-electron chi connectivity index (χ2n) is 5.62. The van der Waals surface area contributed by atoms with Gasteiger partial charge in [0.15, 0.2) is 0 Å². The lowest BCUT2D eigenvalue weighted by molar-refractivity contribution is -0.117. The van der Waals surface area contributed by atoms with Gasteiger partial charge in [-0.15, -0.1) is 0 Å². The maximum Gasteiger partial charge on any atom is 0.387 e. The Morgan fingerprint density at radius 2 is 1.92 bits per heavy atom. The van der Waals surface area contributed by atoms with Gasteiger partial charge in [0.05, 0.1) is 6.04 Å². The average Bonchev–Trinajstić information content (AvgIpc) is 2.95. The van der Waals surface area contributed by atoms with Crippen molar-refractivity contribution in [3.63, 3.8) is 0 Å². The Kier molecular flexibility index (Phi) is 4.92. The first-order chi connectivity index (χ1) is 12.0. The van der Waals surface area contributed by atoms with Crippen molar-refractivity contribution in [2.24, 2.45) is 0 Å². The number of benzene rings is 2. The molecule has 0 aromatic heterocycles. The van der Waals surface area contributed by atoms with Gasteiger partial charge >= 0.3 is 6.61 Å². The van der Waals surface area contributed by atoms with Crippen LogP contribution in [0.1, 0.15) is 16.8 Å². The number of carbonyl (C=O) groups excluding carboxylic acids is 2. The smallest absolute Gasteiger partial charge is 0.387 e. The number of ether oxygens (including phenoxy) is 1. The van der Waals surface area contributed by atoms with Crippen molar-refractivity contribution < 1.29 is 23.1 Å². The zero-order valence-electron chi connectivity index (χ0n) is 13.2. The fourth-order valence-electron chi connectivity index (χ4n) is 2.74. The normalized spacial score (nSPS) is 17.0. The fraction of sp³-hybridized carbons (Fsp3) is 0.222. The molecule has 0 aliphatic carbocycles. The minimum absolute atomic E-state index is 0.0775. The molecule has 3 rings (SSSR count). The maximum absolute atomic E-state index is 12.3. The van der Waals surface area contributed by atoms with Gasteiger partial charge in [-0.2, -0.15) is 8.78 Å². The van der Waals surface area contributed by atoms with Crippen molar-refractivity contribution in [1.29, 1.82) is 0 Å². The Morgan fingerprint density at radius 3 is 2.64 bits per heavy atom. The third-order valence-electron chi connectivity index (χ3n) is 3.85. The number of alkyl halides is 2. The predicted octanol–water partition coefficient (Wildman–Crippen LogP) is 2.82. The molecular weight excluding hydrogens is 330 g/mol. The summed E-state index contributed by atoms with van der Waals surface area (Å²) in [4.78, 5) is 26.1. The van der Waals surface area contributed by atoms with Gasteiger partial charge in [-0.1, -0.05) is 24.3 Å². The van der Waals surface area contributed by atoms with Crippen molar-refractivity contribution in [2.45, 2.75) is 19.1 Å². The lowest BCUT2D eigenvalue weighted by atomic mass is 10.1. The SMILES string of the molecule is O=C(N[C@H]1CC(=O)N(c2ccccc2)C1)c1cccc(OC(F)F)c1. The third kappa shape index (κ3) is 4.12. The van der Waals surface area contributed by atoms with Gasteiger partial charge in [-0.25, -0.2) is 0 Å². The highest BCUT2D eigenvalue weighted by atomic mass is 19.3. The highest BCUT2D eigenvalue weighted by molar-refractivity contribution is 5.99. The Balaban J connectivity index is 1.65. The van der Waals surface area contributed by atoms with Crippen molar-refractivity contribution in [2.75, 3.05) is 11.4 Å². The number of halogens is 2. The molecule has 1 N–H and O–H groups in total. The second-order valence-corrected chi connectivity index (χ2v) is 5.62. The Morgan fingerprint density at radius 1 is 1.16 bits per heavy atom. The van der Waals surface area contributed by atoms with Crippen LogP contribution in [0.15, 0.2) is 54.6 Å². The quantitative estimate of drug-likeness (QED) is 0.906. The van der Waals surface area contributed by atoms with Gasteiger partial charge < -0.3 is 15.0 Å². The first-order valence-corrected chi connectivity index (χ1v) is 7.74. The van der Waals surface area contributed by atoms with Gasteiger partial charge in [-0.05, 0) is 30.3 Å². The molecule has 1 fully saturated rings. The fourth-order valence-corrected chi connectivity index (χ4v) is 2.74. The number of hydrogen-bond acceptors (Lipinski definition) is 3. The summed E-state index contributed by atoms with van der Waals surface area (Å²) in [6, 6.07) is 14.4. The van der Waals surface area contributed by atoms with Crippen LogP contribution >= 0.6 is 0 Å². The molecule has 2 amide bonds. The summed E-state index contributed by atoms with van der Waals surface area (Å²) in [5, 5.41) is 2.76. The van der Waals surface area contributed by atoms with Gasteiger partial charge in [-0.3, -0.25) is 9.59 Å². The molecule has 5 nitrogen and oxygen atoms in total. The Hall–Kier alpha value is -2.96. The first-order valence-electron chi connectivity index (χ1n) is 7.74. The van der Waals surface area contributed by atoms with Crippen LogP contribution in [0.5, 0.6) is 5.75 Å². The second kappa shape index (κ2) is 7.29. The van der Waals surface area contributed by atoms with E-state index in [4.69, 9.17) is 0 Å². The summed E-state index contributed by atoms with van der Waals surface area (Å²) in [5.41, 5.74) is 0.973. The van der Waals surface area contributed by atoms with Gasteiger partial charge in [0.25, 0.3) is 5.91 Å². The summed E-state index contributed by atoms with van der Waals surface area (Å²) >= 11 is 0. The van der Waals surface area contributed by atoms with Crippen LogP contribution in [0.4, 0.5) is 14.5 Å². The van der Waals surface area contributed by atoms with Crippen molar-refractivity contribution in [3.05, 3.63) is 60.2 Å². The van der Waals surface area contributed by atoms with Gasteiger partial charge in [0.2, 0.25) is 5.91 Å². The van der Waals surface area contributed by atoms with Crippen LogP contribution in [0.25, 0.3) is 0 Å². The molecule has 2 aromatic carbocycles. The number of nitrogens with one attached hydrogen (secondary N) is 1. The molecule has 2 aromatic rings. The van der Waals surface area contributed by atoms with E-state index in [2.05, 4.69) is 10.1 Å². The summed E-state index contributed by atoms with van der Waals surface area (Å²) < 4.78 is 28.8. The van der Waals surface area contributed by atoms with E-state index < -0.39 is 12.5 Å². The monoisotopic (exact) mass is 346 g/mol. The lowest BCUT2D eigenvalue weighted by Gasteiger charge is -2.17. The van der Waals surface area contributed by atoms with Crippen LogP contribution in [0.3, 0.4) is 0 Å². The Bertz CT molecular complexity index is 768. The number of carbonyl (C=O) groups is 2. The summed E-state index contributed by atoms with van der Waals surface area (Å²) in [6.45, 7) is -2.59. The molecule has 130 valence electrons. The van der Waals surface area contributed by atoms with E-state index in [-0.39, 0.29) is 29.7 Å². The molecule has 1 heterocycles. The van der Waals surface area contributed by atoms with E-state index in [1.54, 1.807) is 4.90 Å². The molecule has 0 bridgehead atoms. The highest BCUT2D eigenvalue weighted by Gasteiger charge is 2.31. The number of anilines is 1. The summed E-state index contributed by atoms with van der Waals surface area (Å²) in [7, 11) is 0. The molecular formula is C18H16F2N2O3. The number of amides is 2. The molecule has 0 unspecified atom stereocenters.